The molecule has 28 heavy (non-hydrogen) atoms. The van der Waals surface area contributed by atoms with Crippen molar-refractivity contribution < 1.29 is 14.9 Å². The van der Waals surface area contributed by atoms with Gasteiger partial charge in [0.15, 0.2) is 0 Å². The maximum atomic E-state index is 10.3. The summed E-state index contributed by atoms with van der Waals surface area (Å²) in [6, 6.07) is 5.51. The van der Waals surface area contributed by atoms with Gasteiger partial charge in [-0.25, -0.2) is 0 Å². The highest BCUT2D eigenvalue weighted by atomic mass is 16.5. The quantitative estimate of drug-likeness (QED) is 0.347. The molecule has 0 aliphatic rings. The van der Waals surface area contributed by atoms with Gasteiger partial charge in [-0.1, -0.05) is 65.9 Å². The number of hydrogen-bond acceptors (Lipinski definition) is 4. The normalized spacial score (nSPS) is 13.9. The molecule has 1 aromatic carbocycles. The lowest BCUT2D eigenvalue weighted by atomic mass is 9.85. The van der Waals surface area contributed by atoms with E-state index < -0.39 is 5.54 Å². The first kappa shape index (κ1) is 24.8. The Morgan fingerprint density at radius 2 is 1.68 bits per heavy atom. The minimum Gasteiger partial charge on any atom is -0.508 e. The maximum absolute atomic E-state index is 10.3. The lowest BCUT2D eigenvalue weighted by Crippen LogP contribution is -2.45. The smallest absolute Gasteiger partial charge is 0.122 e. The van der Waals surface area contributed by atoms with Gasteiger partial charge in [-0.15, -0.1) is 0 Å². The SMILES string of the molecule is CC(C)CCCCCCCOc1ccc(CC[C@@](N)(CO)CC(C)C)c(O)c1. The number of aryl methyl sites for hydroxylation is 1. The molecule has 0 aliphatic carbocycles. The predicted molar refractivity (Wildman–Crippen MR) is 118 cm³/mol. The zero-order valence-electron chi connectivity index (χ0n) is 18.5. The molecule has 162 valence electrons. The molecule has 0 aromatic heterocycles. The number of phenolic OH excluding ortho intramolecular Hbond substituents is 1. The lowest BCUT2D eigenvalue weighted by Gasteiger charge is -2.29. The Kier molecular flexibility index (Phi) is 11.6. The average molecular weight is 394 g/mol. The van der Waals surface area contributed by atoms with Crippen LogP contribution in [-0.4, -0.2) is 29.0 Å². The van der Waals surface area contributed by atoms with Gasteiger partial charge in [0, 0.05) is 11.6 Å². The molecule has 4 heteroatoms. The van der Waals surface area contributed by atoms with Crippen LogP contribution in [0, 0.1) is 11.8 Å². The molecule has 1 rings (SSSR count). The third-order valence-electron chi connectivity index (χ3n) is 5.27. The van der Waals surface area contributed by atoms with Crippen LogP contribution in [0.5, 0.6) is 11.5 Å². The van der Waals surface area contributed by atoms with Gasteiger partial charge in [-0.3, -0.25) is 0 Å². The topological polar surface area (TPSA) is 75.7 Å². The number of hydrogen-bond donors (Lipinski definition) is 3. The highest BCUT2D eigenvalue weighted by Crippen LogP contribution is 2.27. The van der Waals surface area contributed by atoms with Crippen LogP contribution < -0.4 is 10.5 Å². The minimum atomic E-state index is -0.592. The third kappa shape index (κ3) is 10.3. The second-order valence-electron chi connectivity index (χ2n) is 9.21. The number of rotatable bonds is 15. The fraction of sp³-hybridized carbons (Fsp3) is 0.750. The summed E-state index contributed by atoms with van der Waals surface area (Å²) in [4.78, 5) is 0. The molecule has 4 nitrogen and oxygen atoms in total. The van der Waals surface area contributed by atoms with E-state index in [2.05, 4.69) is 27.7 Å². The van der Waals surface area contributed by atoms with Crippen molar-refractivity contribution in [3.63, 3.8) is 0 Å². The van der Waals surface area contributed by atoms with Gasteiger partial charge in [0.1, 0.15) is 11.5 Å². The number of nitrogens with two attached hydrogens (primary N) is 1. The van der Waals surface area contributed by atoms with Crippen molar-refractivity contribution in [1.82, 2.24) is 0 Å². The fourth-order valence-corrected chi connectivity index (χ4v) is 3.66. The average Bonchev–Trinajstić information content (AvgIpc) is 2.62. The van der Waals surface area contributed by atoms with E-state index in [0.717, 1.165) is 24.3 Å². The lowest BCUT2D eigenvalue weighted by molar-refractivity contribution is 0.165. The standard InChI is InChI=1S/C24H43NO3/c1-19(2)10-8-6-5-7-9-15-28-22-12-11-21(23(27)16-22)13-14-24(25,18-26)17-20(3)4/h11-12,16,19-20,26-27H,5-10,13-15,17-18,25H2,1-4H3/t24-/m0/s1. The maximum Gasteiger partial charge on any atom is 0.122 e. The van der Waals surface area contributed by atoms with Gasteiger partial charge in [0.25, 0.3) is 0 Å². The molecule has 0 fully saturated rings. The van der Waals surface area contributed by atoms with Gasteiger partial charge in [0.05, 0.1) is 13.2 Å². The largest absolute Gasteiger partial charge is 0.508 e. The van der Waals surface area contributed by atoms with Crippen molar-refractivity contribution in [3.05, 3.63) is 23.8 Å². The summed E-state index contributed by atoms with van der Waals surface area (Å²) >= 11 is 0. The van der Waals surface area contributed by atoms with Crippen molar-refractivity contribution >= 4 is 0 Å². The van der Waals surface area contributed by atoms with Gasteiger partial charge >= 0.3 is 0 Å². The molecule has 0 radical (unpaired) electrons. The molecular weight excluding hydrogens is 350 g/mol. The van der Waals surface area contributed by atoms with Gasteiger partial charge in [-0.05, 0) is 49.1 Å². The molecule has 0 heterocycles. The summed E-state index contributed by atoms with van der Waals surface area (Å²) in [5.74, 6) is 2.19. The molecule has 4 N–H and O–H groups in total. The van der Waals surface area contributed by atoms with E-state index in [1.807, 2.05) is 12.1 Å². The second-order valence-corrected chi connectivity index (χ2v) is 9.21. The van der Waals surface area contributed by atoms with E-state index in [-0.39, 0.29) is 12.4 Å². The first-order valence-corrected chi connectivity index (χ1v) is 11.1. The monoisotopic (exact) mass is 393 g/mol. The zero-order chi connectivity index (χ0) is 21.0. The van der Waals surface area contributed by atoms with Crippen LogP contribution in [0.3, 0.4) is 0 Å². The van der Waals surface area contributed by atoms with Crippen molar-refractivity contribution in [1.29, 1.82) is 0 Å². The van der Waals surface area contributed by atoms with Gasteiger partial charge in [0.2, 0.25) is 0 Å². The Bertz CT molecular complexity index is 545. The van der Waals surface area contributed by atoms with Crippen LogP contribution in [0.15, 0.2) is 18.2 Å². The summed E-state index contributed by atoms with van der Waals surface area (Å²) in [5, 5.41) is 19.9. The van der Waals surface area contributed by atoms with E-state index in [1.165, 1.54) is 32.1 Å². The van der Waals surface area contributed by atoms with Gasteiger partial charge < -0.3 is 20.7 Å². The molecule has 1 aromatic rings. The van der Waals surface area contributed by atoms with E-state index in [9.17, 15) is 10.2 Å². The number of aliphatic hydroxyl groups excluding tert-OH is 1. The van der Waals surface area contributed by atoms with Crippen LogP contribution in [0.4, 0.5) is 0 Å². The van der Waals surface area contributed by atoms with Crippen molar-refractivity contribution in [2.45, 2.75) is 91.0 Å². The molecule has 0 unspecified atom stereocenters. The van der Waals surface area contributed by atoms with Crippen LogP contribution in [-0.2, 0) is 6.42 Å². The zero-order valence-corrected chi connectivity index (χ0v) is 18.5. The molecular formula is C24H43NO3. The van der Waals surface area contributed by atoms with Crippen molar-refractivity contribution in [2.75, 3.05) is 13.2 Å². The van der Waals surface area contributed by atoms with Crippen LogP contribution >= 0.6 is 0 Å². The highest BCUT2D eigenvalue weighted by Gasteiger charge is 2.25. The predicted octanol–water partition coefficient (Wildman–Crippen LogP) is 5.44. The van der Waals surface area contributed by atoms with E-state index in [1.54, 1.807) is 6.07 Å². The van der Waals surface area contributed by atoms with Crippen LogP contribution in [0.1, 0.15) is 84.6 Å². The summed E-state index contributed by atoms with van der Waals surface area (Å²) < 4.78 is 5.78. The van der Waals surface area contributed by atoms with Crippen LogP contribution in [0.25, 0.3) is 0 Å². The number of ether oxygens (including phenoxy) is 1. The number of unbranched alkanes of at least 4 members (excludes halogenated alkanes) is 4. The molecule has 0 amide bonds. The van der Waals surface area contributed by atoms with Crippen molar-refractivity contribution in [3.8, 4) is 11.5 Å². The molecule has 0 bridgehead atoms. The minimum absolute atomic E-state index is 0.0371. The summed E-state index contributed by atoms with van der Waals surface area (Å²) in [6.45, 7) is 9.41. The number of benzene rings is 1. The molecule has 1 atom stereocenters. The number of aliphatic hydroxyl groups is 1. The Morgan fingerprint density at radius 1 is 1.00 bits per heavy atom. The second kappa shape index (κ2) is 13.1. The number of phenols is 1. The summed E-state index contributed by atoms with van der Waals surface area (Å²) in [5.41, 5.74) is 6.57. The number of aromatic hydroxyl groups is 1. The molecule has 0 aliphatic heterocycles. The fourth-order valence-electron chi connectivity index (χ4n) is 3.66. The summed E-state index contributed by atoms with van der Waals surface area (Å²) in [7, 11) is 0. The first-order valence-electron chi connectivity index (χ1n) is 11.1. The highest BCUT2D eigenvalue weighted by molar-refractivity contribution is 5.39. The van der Waals surface area contributed by atoms with E-state index in [4.69, 9.17) is 10.5 Å². The van der Waals surface area contributed by atoms with Crippen LogP contribution in [0.2, 0.25) is 0 Å². The third-order valence-corrected chi connectivity index (χ3v) is 5.27. The Labute approximate surface area is 172 Å². The first-order chi connectivity index (χ1) is 13.3. The molecule has 0 spiro atoms. The van der Waals surface area contributed by atoms with Crippen molar-refractivity contribution in [2.24, 2.45) is 17.6 Å². The molecule has 0 saturated heterocycles. The van der Waals surface area contributed by atoms with Gasteiger partial charge in [-0.2, -0.15) is 0 Å². The summed E-state index contributed by atoms with van der Waals surface area (Å²) in [6.07, 6.45) is 9.52. The molecule has 0 saturated carbocycles. The Hall–Kier alpha value is -1.26. The Balaban J connectivity index is 2.33. The van der Waals surface area contributed by atoms with E-state index >= 15 is 0 Å². The Morgan fingerprint density at radius 3 is 2.29 bits per heavy atom. The van der Waals surface area contributed by atoms with E-state index in [0.29, 0.717) is 31.1 Å².